The van der Waals surface area contributed by atoms with Crippen LogP contribution in [-0.2, 0) is 4.79 Å². The fraction of sp³-hybridized carbons (Fsp3) is 0.273. The minimum atomic E-state index is -0.430. The molecule has 0 spiro atoms. The number of aromatic nitrogens is 1. The lowest BCUT2D eigenvalue weighted by Crippen LogP contribution is -2.24. The van der Waals surface area contributed by atoms with Crippen molar-refractivity contribution in [2.75, 3.05) is 5.32 Å². The second kappa shape index (κ2) is 4.40. The topological polar surface area (TPSA) is 68.0 Å². The maximum atomic E-state index is 12.6. The number of nitrogens with two attached hydrogens (primary N) is 1. The molecular weight excluding hydrogens is 209 g/mol. The summed E-state index contributed by atoms with van der Waals surface area (Å²) in [5, 5.41) is 2.61. The molecular formula is C11H12FN3O. The lowest BCUT2D eigenvalue weighted by atomic mass is 10.1. The Bertz CT molecular complexity index is 416. The van der Waals surface area contributed by atoms with Crippen molar-refractivity contribution in [3.8, 4) is 0 Å². The molecule has 1 aromatic rings. The van der Waals surface area contributed by atoms with Crippen LogP contribution in [0.3, 0.4) is 0 Å². The Morgan fingerprint density at radius 1 is 1.50 bits per heavy atom. The monoisotopic (exact) mass is 221 g/mol. The smallest absolute Gasteiger partial charge is 0.232 e. The first-order valence-corrected chi connectivity index (χ1v) is 5.01. The van der Waals surface area contributed by atoms with Gasteiger partial charge in [0.1, 0.15) is 11.6 Å². The van der Waals surface area contributed by atoms with Crippen molar-refractivity contribution in [3.63, 3.8) is 0 Å². The van der Waals surface area contributed by atoms with E-state index in [1.165, 1.54) is 12.1 Å². The van der Waals surface area contributed by atoms with Crippen LogP contribution in [0, 0.1) is 11.7 Å². The van der Waals surface area contributed by atoms with Crippen molar-refractivity contribution in [1.82, 2.24) is 4.98 Å². The molecule has 0 saturated carbocycles. The molecule has 1 amide bonds. The number of rotatable bonds is 2. The number of nitrogens with one attached hydrogen (secondary N) is 1. The molecule has 0 radical (unpaired) electrons. The lowest BCUT2D eigenvalue weighted by Gasteiger charge is -2.09. The molecule has 16 heavy (non-hydrogen) atoms. The zero-order valence-electron chi connectivity index (χ0n) is 8.56. The van der Waals surface area contributed by atoms with Crippen LogP contribution in [0.2, 0.25) is 0 Å². The summed E-state index contributed by atoms with van der Waals surface area (Å²) in [6, 6.07) is 2.61. The van der Waals surface area contributed by atoms with Crippen molar-refractivity contribution < 1.29 is 9.18 Å². The first-order valence-electron chi connectivity index (χ1n) is 5.01. The minimum absolute atomic E-state index is 0.0584. The quantitative estimate of drug-likeness (QED) is 0.734. The number of carbonyl (C=O) groups is 1. The summed E-state index contributed by atoms with van der Waals surface area (Å²) in [7, 11) is 0. The van der Waals surface area contributed by atoms with Crippen LogP contribution in [0.15, 0.2) is 30.5 Å². The van der Waals surface area contributed by atoms with Crippen molar-refractivity contribution in [1.29, 1.82) is 0 Å². The molecule has 2 rings (SSSR count). The summed E-state index contributed by atoms with van der Waals surface area (Å²) in [6.07, 6.45) is 5.25. The molecule has 1 aromatic heterocycles. The fourth-order valence-corrected chi connectivity index (χ4v) is 1.59. The van der Waals surface area contributed by atoms with Gasteiger partial charge in [-0.3, -0.25) is 4.79 Å². The zero-order chi connectivity index (χ0) is 11.5. The number of halogens is 1. The highest BCUT2D eigenvalue weighted by Crippen LogP contribution is 2.18. The Balaban J connectivity index is 1.97. The van der Waals surface area contributed by atoms with Gasteiger partial charge in [-0.15, -0.1) is 0 Å². The number of hydrogen-bond donors (Lipinski definition) is 2. The predicted molar refractivity (Wildman–Crippen MR) is 58.0 cm³/mol. The number of hydrogen-bond acceptors (Lipinski definition) is 3. The molecule has 3 N–H and O–H groups in total. The molecule has 0 fully saturated rings. The fourth-order valence-electron chi connectivity index (χ4n) is 1.59. The SMILES string of the molecule is NC1C=CC(C(=O)Nc2ccc(F)cn2)C1. The van der Waals surface area contributed by atoms with Crippen LogP contribution in [0.5, 0.6) is 0 Å². The van der Waals surface area contributed by atoms with Crippen molar-refractivity contribution in [3.05, 3.63) is 36.3 Å². The van der Waals surface area contributed by atoms with E-state index in [9.17, 15) is 9.18 Å². The summed E-state index contributed by atoms with van der Waals surface area (Å²) in [5.41, 5.74) is 5.64. The van der Waals surface area contributed by atoms with Gasteiger partial charge in [-0.1, -0.05) is 12.2 Å². The van der Waals surface area contributed by atoms with E-state index in [4.69, 9.17) is 5.73 Å². The molecule has 2 atom stereocenters. The van der Waals surface area contributed by atoms with Crippen molar-refractivity contribution in [2.45, 2.75) is 12.5 Å². The third kappa shape index (κ3) is 2.43. The Morgan fingerprint density at radius 2 is 2.31 bits per heavy atom. The molecule has 4 nitrogen and oxygen atoms in total. The molecule has 0 aliphatic heterocycles. The third-order valence-electron chi connectivity index (χ3n) is 2.43. The molecule has 1 aliphatic carbocycles. The maximum absolute atomic E-state index is 12.6. The van der Waals surface area contributed by atoms with E-state index in [1.54, 1.807) is 6.08 Å². The summed E-state index contributed by atoms with van der Waals surface area (Å²) in [4.78, 5) is 15.4. The predicted octanol–water partition coefficient (Wildman–Crippen LogP) is 1.06. The number of carbonyl (C=O) groups excluding carboxylic acids is 1. The normalized spacial score (nSPS) is 23.4. The standard InChI is InChI=1S/C11H12FN3O/c12-8-2-4-10(14-6-8)15-11(16)7-1-3-9(13)5-7/h1-4,6-7,9H,5,13H2,(H,14,15,16). The number of nitrogens with zero attached hydrogens (tertiary/aromatic N) is 1. The number of anilines is 1. The van der Waals surface area contributed by atoms with E-state index in [-0.39, 0.29) is 17.9 Å². The van der Waals surface area contributed by atoms with Gasteiger partial charge in [0.05, 0.1) is 12.1 Å². The van der Waals surface area contributed by atoms with Gasteiger partial charge in [-0.2, -0.15) is 0 Å². The van der Waals surface area contributed by atoms with Gasteiger partial charge in [0, 0.05) is 6.04 Å². The molecule has 0 bridgehead atoms. The van der Waals surface area contributed by atoms with Crippen LogP contribution in [-0.4, -0.2) is 16.9 Å². The first-order chi connectivity index (χ1) is 7.65. The number of amides is 1. The molecule has 0 saturated heterocycles. The van der Waals surface area contributed by atoms with Gasteiger partial charge in [-0.05, 0) is 18.6 Å². The van der Waals surface area contributed by atoms with Crippen LogP contribution >= 0.6 is 0 Å². The van der Waals surface area contributed by atoms with E-state index in [0.717, 1.165) is 6.20 Å². The molecule has 84 valence electrons. The van der Waals surface area contributed by atoms with Gasteiger partial charge in [0.25, 0.3) is 0 Å². The minimum Gasteiger partial charge on any atom is -0.324 e. The average molecular weight is 221 g/mol. The van der Waals surface area contributed by atoms with Gasteiger partial charge >= 0.3 is 0 Å². The molecule has 1 heterocycles. The zero-order valence-corrected chi connectivity index (χ0v) is 8.56. The highest BCUT2D eigenvalue weighted by atomic mass is 19.1. The summed E-state index contributed by atoms with van der Waals surface area (Å²) >= 11 is 0. The van der Waals surface area contributed by atoms with E-state index in [2.05, 4.69) is 10.3 Å². The van der Waals surface area contributed by atoms with Gasteiger partial charge < -0.3 is 11.1 Å². The molecule has 5 heteroatoms. The largest absolute Gasteiger partial charge is 0.324 e. The third-order valence-corrected chi connectivity index (χ3v) is 2.43. The van der Waals surface area contributed by atoms with E-state index < -0.39 is 5.82 Å². The van der Waals surface area contributed by atoms with E-state index in [0.29, 0.717) is 12.2 Å². The van der Waals surface area contributed by atoms with Crippen LogP contribution in [0.4, 0.5) is 10.2 Å². The second-order valence-electron chi connectivity index (χ2n) is 3.74. The summed E-state index contributed by atoms with van der Waals surface area (Å²) in [6.45, 7) is 0. The molecule has 0 aromatic carbocycles. The highest BCUT2D eigenvalue weighted by Gasteiger charge is 2.22. The Morgan fingerprint density at radius 3 is 2.88 bits per heavy atom. The average Bonchev–Trinajstić information content (AvgIpc) is 2.68. The van der Waals surface area contributed by atoms with E-state index >= 15 is 0 Å². The lowest BCUT2D eigenvalue weighted by molar-refractivity contribution is -0.118. The number of pyridine rings is 1. The maximum Gasteiger partial charge on any atom is 0.232 e. The Kier molecular flexibility index (Phi) is 2.96. The molecule has 1 aliphatic rings. The van der Waals surface area contributed by atoms with Crippen LogP contribution < -0.4 is 11.1 Å². The van der Waals surface area contributed by atoms with Crippen LogP contribution in [0.25, 0.3) is 0 Å². The second-order valence-corrected chi connectivity index (χ2v) is 3.74. The summed E-state index contributed by atoms with van der Waals surface area (Å²) < 4.78 is 12.6. The Labute approximate surface area is 92.4 Å². The molecule has 2 unspecified atom stereocenters. The van der Waals surface area contributed by atoms with Crippen LogP contribution in [0.1, 0.15) is 6.42 Å². The van der Waals surface area contributed by atoms with Gasteiger partial charge in [-0.25, -0.2) is 9.37 Å². The highest BCUT2D eigenvalue weighted by molar-refractivity contribution is 5.93. The van der Waals surface area contributed by atoms with E-state index in [1.807, 2.05) is 6.08 Å². The van der Waals surface area contributed by atoms with Gasteiger partial charge in [0.15, 0.2) is 0 Å². The Hall–Kier alpha value is -1.75. The first kappa shape index (κ1) is 10.8. The van der Waals surface area contributed by atoms with Crippen molar-refractivity contribution in [2.24, 2.45) is 11.7 Å². The van der Waals surface area contributed by atoms with Crippen molar-refractivity contribution >= 4 is 11.7 Å². The van der Waals surface area contributed by atoms with Gasteiger partial charge in [0.2, 0.25) is 5.91 Å². The summed E-state index contributed by atoms with van der Waals surface area (Å²) in [5.74, 6) is -0.466.